The number of halogens is 2. The van der Waals surface area contributed by atoms with E-state index in [4.69, 9.17) is 23.2 Å². The molecular formula is C28H34Cl2N2O4S. The lowest BCUT2D eigenvalue weighted by Crippen LogP contribution is -2.59. The number of aldehydes is 1. The molecule has 1 saturated heterocycles. The summed E-state index contributed by atoms with van der Waals surface area (Å²) in [7, 11) is -3.46. The molecule has 6 nitrogen and oxygen atoms in total. The van der Waals surface area contributed by atoms with Gasteiger partial charge >= 0.3 is 0 Å². The Morgan fingerprint density at radius 2 is 1.78 bits per heavy atom. The van der Waals surface area contributed by atoms with Crippen molar-refractivity contribution < 1.29 is 18.0 Å². The van der Waals surface area contributed by atoms with E-state index >= 15 is 0 Å². The van der Waals surface area contributed by atoms with E-state index in [1.54, 1.807) is 6.92 Å². The van der Waals surface area contributed by atoms with Gasteiger partial charge in [0.1, 0.15) is 6.29 Å². The molecular weight excluding hydrogens is 531 g/mol. The first-order valence-corrected chi connectivity index (χ1v) is 15.3. The van der Waals surface area contributed by atoms with E-state index in [2.05, 4.69) is 4.72 Å². The molecule has 2 unspecified atom stereocenters. The van der Waals surface area contributed by atoms with E-state index in [0.717, 1.165) is 30.3 Å². The third kappa shape index (κ3) is 6.06. The van der Waals surface area contributed by atoms with Crippen molar-refractivity contribution in [3.63, 3.8) is 0 Å². The molecule has 2 fully saturated rings. The number of likely N-dealkylation sites (tertiary alicyclic amines) is 1. The van der Waals surface area contributed by atoms with Gasteiger partial charge in [-0.3, -0.25) is 4.79 Å². The standard InChI is InChI=1S/C28H34Cl2N2O4S/c1-3-28(14-15-33)17-24(21-6-5-7-23(30)16-21)26(20-10-12-22(29)13-11-20)32(27(28)34)25(19-8-9-19)18-31-37(35,36)4-2/h5-7,10-13,15-16,19,24-26,31H,3-4,8-9,14,17-18H2,1-2H3/t24-,25?,26?,28+/m1/s1. The van der Waals surface area contributed by atoms with Crippen molar-refractivity contribution in [1.29, 1.82) is 0 Å². The molecule has 2 aliphatic rings. The maximum Gasteiger partial charge on any atom is 0.230 e. The van der Waals surface area contributed by atoms with Crippen LogP contribution in [0.4, 0.5) is 0 Å². The second-order valence-electron chi connectivity index (χ2n) is 10.2. The Balaban J connectivity index is 1.90. The SMILES string of the molecule is CC[C@]1(CC=O)C[C@H](c2cccc(Cl)c2)C(c2ccc(Cl)cc2)N(C(CNS(=O)(=O)CC)C2CC2)C1=O. The second kappa shape index (κ2) is 11.4. The summed E-state index contributed by atoms with van der Waals surface area (Å²) in [5.74, 6) is -0.0923. The van der Waals surface area contributed by atoms with Crippen LogP contribution in [-0.4, -0.2) is 43.9 Å². The molecule has 4 rings (SSSR count). The van der Waals surface area contributed by atoms with Crippen LogP contribution in [0.3, 0.4) is 0 Å². The van der Waals surface area contributed by atoms with Gasteiger partial charge in [0, 0.05) is 35.0 Å². The molecule has 1 heterocycles. The minimum atomic E-state index is -3.46. The van der Waals surface area contributed by atoms with Gasteiger partial charge in [0.25, 0.3) is 0 Å². The van der Waals surface area contributed by atoms with Crippen molar-refractivity contribution in [3.8, 4) is 0 Å². The van der Waals surface area contributed by atoms with Crippen LogP contribution < -0.4 is 4.72 Å². The Kier molecular flexibility index (Phi) is 8.68. The van der Waals surface area contributed by atoms with E-state index < -0.39 is 15.4 Å². The average molecular weight is 566 g/mol. The Morgan fingerprint density at radius 3 is 2.35 bits per heavy atom. The number of sulfonamides is 1. The van der Waals surface area contributed by atoms with Crippen LogP contribution in [0.5, 0.6) is 0 Å². The minimum Gasteiger partial charge on any atom is -0.330 e. The molecule has 0 bridgehead atoms. The Morgan fingerprint density at radius 1 is 1.08 bits per heavy atom. The molecule has 200 valence electrons. The topological polar surface area (TPSA) is 83.6 Å². The van der Waals surface area contributed by atoms with Crippen molar-refractivity contribution in [2.45, 2.75) is 64.0 Å². The first kappa shape index (κ1) is 28.1. The van der Waals surface area contributed by atoms with Crippen molar-refractivity contribution in [3.05, 3.63) is 69.7 Å². The Labute approximate surface area is 229 Å². The maximum absolute atomic E-state index is 14.5. The van der Waals surface area contributed by atoms with Crippen molar-refractivity contribution in [2.75, 3.05) is 12.3 Å². The molecule has 1 aliphatic heterocycles. The molecule has 1 aliphatic carbocycles. The number of carbonyl (C=O) groups is 2. The summed E-state index contributed by atoms with van der Waals surface area (Å²) < 4.78 is 27.6. The summed E-state index contributed by atoms with van der Waals surface area (Å²) in [6.45, 7) is 3.68. The Hall–Kier alpha value is -1.93. The summed E-state index contributed by atoms with van der Waals surface area (Å²) in [5, 5.41) is 1.19. The van der Waals surface area contributed by atoms with Gasteiger partial charge in [0.2, 0.25) is 15.9 Å². The largest absolute Gasteiger partial charge is 0.330 e. The highest BCUT2D eigenvalue weighted by Crippen LogP contribution is 2.54. The van der Waals surface area contributed by atoms with Crippen molar-refractivity contribution in [1.82, 2.24) is 9.62 Å². The van der Waals surface area contributed by atoms with Gasteiger partial charge in [-0.15, -0.1) is 0 Å². The van der Waals surface area contributed by atoms with Gasteiger partial charge in [-0.25, -0.2) is 13.1 Å². The maximum atomic E-state index is 14.5. The zero-order valence-electron chi connectivity index (χ0n) is 21.2. The third-order valence-corrected chi connectivity index (χ3v) is 9.89. The smallest absolute Gasteiger partial charge is 0.230 e. The molecule has 2 aromatic rings. The number of nitrogens with one attached hydrogen (secondary N) is 1. The monoisotopic (exact) mass is 564 g/mol. The normalized spacial score (nSPS) is 25.2. The fourth-order valence-electron chi connectivity index (χ4n) is 5.72. The molecule has 9 heteroatoms. The number of benzene rings is 2. The molecule has 1 N–H and O–H groups in total. The predicted octanol–water partition coefficient (Wildman–Crippen LogP) is 5.75. The minimum absolute atomic E-state index is 0.0336. The van der Waals surface area contributed by atoms with Gasteiger partial charge in [0.15, 0.2) is 0 Å². The average Bonchev–Trinajstić information content (AvgIpc) is 3.72. The number of amides is 1. The lowest BCUT2D eigenvalue weighted by Gasteiger charge is -2.53. The summed E-state index contributed by atoms with van der Waals surface area (Å²) in [6.07, 6.45) is 3.78. The highest BCUT2D eigenvalue weighted by Gasteiger charge is 2.54. The van der Waals surface area contributed by atoms with Gasteiger partial charge < -0.3 is 9.69 Å². The molecule has 0 spiro atoms. The summed E-state index contributed by atoms with van der Waals surface area (Å²) in [6, 6.07) is 14.4. The first-order valence-electron chi connectivity index (χ1n) is 12.9. The predicted molar refractivity (Wildman–Crippen MR) is 147 cm³/mol. The quantitative estimate of drug-likeness (QED) is 0.352. The van der Waals surface area contributed by atoms with Gasteiger partial charge in [-0.05, 0) is 73.9 Å². The van der Waals surface area contributed by atoms with Crippen LogP contribution in [-0.2, 0) is 19.6 Å². The molecule has 0 aromatic heterocycles. The fourth-order valence-corrected chi connectivity index (χ4v) is 6.67. The van der Waals surface area contributed by atoms with Gasteiger partial charge in [-0.2, -0.15) is 0 Å². The summed E-state index contributed by atoms with van der Waals surface area (Å²) in [4.78, 5) is 28.3. The summed E-state index contributed by atoms with van der Waals surface area (Å²) in [5.41, 5.74) is 1.02. The van der Waals surface area contributed by atoms with E-state index in [1.165, 1.54) is 0 Å². The number of hydrogen-bond donors (Lipinski definition) is 1. The van der Waals surface area contributed by atoms with Gasteiger partial charge in [-0.1, -0.05) is 54.4 Å². The molecule has 1 saturated carbocycles. The van der Waals surface area contributed by atoms with Crippen LogP contribution >= 0.6 is 23.2 Å². The number of hydrogen-bond acceptors (Lipinski definition) is 4. The van der Waals surface area contributed by atoms with Crippen LogP contribution in [0, 0.1) is 11.3 Å². The van der Waals surface area contributed by atoms with Crippen LogP contribution in [0.1, 0.15) is 69.0 Å². The molecule has 0 radical (unpaired) electrons. The zero-order chi connectivity index (χ0) is 26.8. The molecule has 2 aromatic carbocycles. The van der Waals surface area contributed by atoms with E-state index in [9.17, 15) is 18.0 Å². The third-order valence-electron chi connectivity index (χ3n) is 8.03. The van der Waals surface area contributed by atoms with Crippen LogP contribution in [0.25, 0.3) is 0 Å². The van der Waals surface area contributed by atoms with E-state index in [1.807, 2.05) is 60.4 Å². The first-order chi connectivity index (χ1) is 17.6. The van der Waals surface area contributed by atoms with Gasteiger partial charge in [0.05, 0.1) is 17.2 Å². The number of rotatable bonds is 11. The van der Waals surface area contributed by atoms with E-state index in [-0.39, 0.29) is 48.5 Å². The van der Waals surface area contributed by atoms with Crippen molar-refractivity contribution >= 4 is 45.4 Å². The van der Waals surface area contributed by atoms with E-state index in [0.29, 0.717) is 22.9 Å². The van der Waals surface area contributed by atoms with Crippen molar-refractivity contribution in [2.24, 2.45) is 11.3 Å². The lowest BCUT2D eigenvalue weighted by atomic mass is 9.65. The molecule has 4 atom stereocenters. The Bertz CT molecular complexity index is 1230. The van der Waals surface area contributed by atoms with Crippen LogP contribution in [0.2, 0.25) is 10.0 Å². The number of piperidine rings is 1. The number of carbonyl (C=O) groups excluding carboxylic acids is 2. The fraction of sp³-hybridized carbons (Fsp3) is 0.500. The zero-order valence-corrected chi connectivity index (χ0v) is 23.5. The second-order valence-corrected chi connectivity index (χ2v) is 13.2. The number of nitrogens with zero attached hydrogens (tertiary/aromatic N) is 1. The molecule has 1 amide bonds. The van der Waals surface area contributed by atoms with Crippen LogP contribution in [0.15, 0.2) is 48.5 Å². The highest BCUT2D eigenvalue weighted by molar-refractivity contribution is 7.89. The molecule has 37 heavy (non-hydrogen) atoms. The lowest BCUT2D eigenvalue weighted by molar-refractivity contribution is -0.158. The summed E-state index contributed by atoms with van der Waals surface area (Å²) >= 11 is 12.6. The highest BCUT2D eigenvalue weighted by atomic mass is 35.5.